The number of aromatic hydroxyl groups is 1. The molecule has 1 N–H and O–H groups in total. The molecule has 0 aliphatic rings. The number of phenolic OH excluding ortho intramolecular Hbond substituents is 1. The Bertz CT molecular complexity index is 616. The van der Waals surface area contributed by atoms with Crippen molar-refractivity contribution in [3.05, 3.63) is 28.8 Å². The molecule has 7 nitrogen and oxygen atoms in total. The first-order valence-corrected chi connectivity index (χ1v) is 7.85. The number of rotatable bonds is 7. The molecule has 0 radical (unpaired) electrons. The molecule has 0 atom stereocenters. The topological polar surface area (TPSA) is 87.2 Å². The average Bonchev–Trinajstić information content (AvgIpc) is 2.53. The molecule has 0 spiro atoms. The van der Waals surface area contributed by atoms with E-state index in [2.05, 4.69) is 0 Å². The van der Waals surface area contributed by atoms with Crippen LogP contribution in [-0.4, -0.2) is 66.0 Å². The zero-order chi connectivity index (χ0) is 18.3. The molecule has 24 heavy (non-hydrogen) atoms. The van der Waals surface area contributed by atoms with Crippen molar-refractivity contribution in [1.82, 2.24) is 9.80 Å². The van der Waals surface area contributed by atoms with Crippen molar-refractivity contribution in [1.29, 1.82) is 0 Å². The first-order chi connectivity index (χ1) is 11.3. The molecular weight excluding hydrogens is 336 g/mol. The SMILES string of the molecule is CCN(CC)C(=O)CN(C)C(=O)COC(=O)c1ccc(Cl)cc1O. The van der Waals surface area contributed by atoms with E-state index in [-0.39, 0.29) is 28.8 Å². The summed E-state index contributed by atoms with van der Waals surface area (Å²) in [5.74, 6) is -1.87. The Morgan fingerprint density at radius 3 is 2.33 bits per heavy atom. The predicted molar refractivity (Wildman–Crippen MR) is 89.0 cm³/mol. The molecule has 0 unspecified atom stereocenters. The van der Waals surface area contributed by atoms with Crippen molar-refractivity contribution in [2.75, 3.05) is 33.3 Å². The predicted octanol–water partition coefficient (Wildman–Crippen LogP) is 1.53. The summed E-state index contributed by atoms with van der Waals surface area (Å²) >= 11 is 5.68. The number of phenols is 1. The average molecular weight is 357 g/mol. The van der Waals surface area contributed by atoms with Gasteiger partial charge in [0.15, 0.2) is 6.61 Å². The molecule has 0 heterocycles. The second-order valence-corrected chi connectivity index (χ2v) is 5.49. The molecule has 0 aromatic heterocycles. The number of carbonyl (C=O) groups excluding carboxylic acids is 3. The number of amides is 2. The highest BCUT2D eigenvalue weighted by atomic mass is 35.5. The van der Waals surface area contributed by atoms with E-state index in [0.29, 0.717) is 13.1 Å². The lowest BCUT2D eigenvalue weighted by atomic mass is 10.2. The zero-order valence-corrected chi connectivity index (χ0v) is 14.7. The van der Waals surface area contributed by atoms with Gasteiger partial charge in [0.1, 0.15) is 11.3 Å². The Morgan fingerprint density at radius 1 is 1.17 bits per heavy atom. The second kappa shape index (κ2) is 9.12. The fourth-order valence-electron chi connectivity index (χ4n) is 1.96. The van der Waals surface area contributed by atoms with E-state index in [0.717, 1.165) is 0 Å². The molecule has 1 aromatic rings. The van der Waals surface area contributed by atoms with Crippen LogP contribution in [0, 0.1) is 0 Å². The Balaban J connectivity index is 2.55. The molecule has 0 bridgehead atoms. The van der Waals surface area contributed by atoms with Gasteiger partial charge in [0.2, 0.25) is 5.91 Å². The zero-order valence-electron chi connectivity index (χ0n) is 13.9. The monoisotopic (exact) mass is 356 g/mol. The Kier molecular flexibility index (Phi) is 7.51. The van der Waals surface area contributed by atoms with Crippen LogP contribution < -0.4 is 0 Å². The summed E-state index contributed by atoms with van der Waals surface area (Å²) in [4.78, 5) is 38.5. The maximum absolute atomic E-state index is 11.9. The van der Waals surface area contributed by atoms with Gasteiger partial charge >= 0.3 is 5.97 Å². The van der Waals surface area contributed by atoms with Crippen molar-refractivity contribution in [3.63, 3.8) is 0 Å². The van der Waals surface area contributed by atoms with Gasteiger partial charge in [0.25, 0.3) is 5.91 Å². The highest BCUT2D eigenvalue weighted by Crippen LogP contribution is 2.22. The van der Waals surface area contributed by atoms with Crippen molar-refractivity contribution in [3.8, 4) is 5.75 Å². The van der Waals surface area contributed by atoms with Gasteiger partial charge in [-0.25, -0.2) is 4.79 Å². The Labute approximate surface area is 145 Å². The first kappa shape index (κ1) is 19.8. The first-order valence-electron chi connectivity index (χ1n) is 7.47. The third kappa shape index (κ3) is 5.42. The number of esters is 1. The standard InChI is InChI=1S/C16H21ClN2O5/c1-4-19(5-2)14(21)9-18(3)15(22)10-24-16(23)12-7-6-11(17)8-13(12)20/h6-8,20H,4-5,9-10H2,1-3H3. The Morgan fingerprint density at radius 2 is 1.79 bits per heavy atom. The van der Waals surface area contributed by atoms with Gasteiger partial charge < -0.3 is 19.6 Å². The van der Waals surface area contributed by atoms with Gasteiger partial charge in [-0.15, -0.1) is 0 Å². The highest BCUT2D eigenvalue weighted by Gasteiger charge is 2.19. The lowest BCUT2D eigenvalue weighted by molar-refractivity contribution is -0.140. The molecule has 0 saturated carbocycles. The summed E-state index contributed by atoms with van der Waals surface area (Å²) < 4.78 is 4.87. The van der Waals surface area contributed by atoms with Crippen LogP contribution in [0.3, 0.4) is 0 Å². The third-order valence-electron chi connectivity index (χ3n) is 3.42. The number of benzene rings is 1. The molecule has 0 fully saturated rings. The van der Waals surface area contributed by atoms with Crippen LogP contribution >= 0.6 is 11.6 Å². The van der Waals surface area contributed by atoms with E-state index in [1.807, 2.05) is 13.8 Å². The summed E-state index contributed by atoms with van der Waals surface area (Å²) in [6.07, 6.45) is 0. The van der Waals surface area contributed by atoms with E-state index in [1.54, 1.807) is 4.90 Å². The lowest BCUT2D eigenvalue weighted by Gasteiger charge is -2.23. The maximum Gasteiger partial charge on any atom is 0.342 e. The van der Waals surface area contributed by atoms with Gasteiger partial charge in [-0.3, -0.25) is 9.59 Å². The summed E-state index contributed by atoms with van der Waals surface area (Å²) in [5.41, 5.74) is -0.0888. The van der Waals surface area contributed by atoms with Crippen LogP contribution in [0.1, 0.15) is 24.2 Å². The molecule has 1 aromatic carbocycles. The van der Waals surface area contributed by atoms with Crippen LogP contribution in [0.2, 0.25) is 5.02 Å². The van der Waals surface area contributed by atoms with Crippen molar-refractivity contribution < 1.29 is 24.2 Å². The molecule has 8 heteroatoms. The van der Waals surface area contributed by atoms with Crippen molar-refractivity contribution in [2.45, 2.75) is 13.8 Å². The number of hydrogen-bond donors (Lipinski definition) is 1. The summed E-state index contributed by atoms with van der Waals surface area (Å²) in [5, 5.41) is 9.91. The minimum absolute atomic E-state index is 0.0888. The van der Waals surface area contributed by atoms with Gasteiger partial charge in [-0.05, 0) is 32.0 Å². The Hall–Kier alpha value is -2.28. The van der Waals surface area contributed by atoms with Crippen LogP contribution in [0.25, 0.3) is 0 Å². The smallest absolute Gasteiger partial charge is 0.342 e. The number of nitrogens with zero attached hydrogens (tertiary/aromatic N) is 2. The molecular formula is C16H21ClN2O5. The number of hydrogen-bond acceptors (Lipinski definition) is 5. The van der Waals surface area contributed by atoms with Gasteiger partial charge in [0, 0.05) is 25.2 Å². The molecule has 0 aliphatic heterocycles. The maximum atomic E-state index is 11.9. The van der Waals surface area contributed by atoms with Crippen LogP contribution in [0.4, 0.5) is 0 Å². The fraction of sp³-hybridized carbons (Fsp3) is 0.438. The largest absolute Gasteiger partial charge is 0.507 e. The highest BCUT2D eigenvalue weighted by molar-refractivity contribution is 6.30. The van der Waals surface area contributed by atoms with Crippen LogP contribution in [-0.2, 0) is 14.3 Å². The number of likely N-dealkylation sites (N-methyl/N-ethyl adjacent to an activating group) is 2. The van der Waals surface area contributed by atoms with Crippen LogP contribution in [0.5, 0.6) is 5.75 Å². The van der Waals surface area contributed by atoms with E-state index < -0.39 is 18.5 Å². The third-order valence-corrected chi connectivity index (χ3v) is 3.66. The van der Waals surface area contributed by atoms with E-state index in [1.165, 1.54) is 30.1 Å². The molecule has 2 amide bonds. The summed E-state index contributed by atoms with van der Waals surface area (Å²) in [6, 6.07) is 3.93. The molecule has 132 valence electrons. The number of ether oxygens (including phenoxy) is 1. The summed E-state index contributed by atoms with van der Waals surface area (Å²) in [6.45, 7) is 4.20. The van der Waals surface area contributed by atoms with Crippen molar-refractivity contribution in [2.24, 2.45) is 0 Å². The fourth-order valence-corrected chi connectivity index (χ4v) is 2.13. The molecule has 0 aliphatic carbocycles. The number of halogens is 1. The van der Waals surface area contributed by atoms with Crippen LogP contribution in [0.15, 0.2) is 18.2 Å². The minimum Gasteiger partial charge on any atom is -0.507 e. The molecule has 0 saturated heterocycles. The normalized spacial score (nSPS) is 10.2. The number of carbonyl (C=O) groups is 3. The summed E-state index contributed by atoms with van der Waals surface area (Å²) in [7, 11) is 1.46. The van der Waals surface area contributed by atoms with E-state index >= 15 is 0 Å². The van der Waals surface area contributed by atoms with Gasteiger partial charge in [0.05, 0.1) is 6.54 Å². The van der Waals surface area contributed by atoms with E-state index in [4.69, 9.17) is 16.3 Å². The van der Waals surface area contributed by atoms with E-state index in [9.17, 15) is 19.5 Å². The van der Waals surface area contributed by atoms with Gasteiger partial charge in [-0.1, -0.05) is 11.6 Å². The van der Waals surface area contributed by atoms with Gasteiger partial charge in [-0.2, -0.15) is 0 Å². The minimum atomic E-state index is -0.846. The van der Waals surface area contributed by atoms with Crippen molar-refractivity contribution >= 4 is 29.4 Å². The second-order valence-electron chi connectivity index (χ2n) is 5.05. The molecule has 1 rings (SSSR count). The quantitative estimate of drug-likeness (QED) is 0.749. The lowest BCUT2D eigenvalue weighted by Crippen LogP contribution is -2.42.